The third kappa shape index (κ3) is 3.07. The first-order chi connectivity index (χ1) is 8.70. The van der Waals surface area contributed by atoms with Gasteiger partial charge in [-0.15, -0.1) is 0 Å². The number of halogens is 1. The van der Waals surface area contributed by atoms with Crippen molar-refractivity contribution in [2.75, 3.05) is 5.73 Å². The monoisotopic (exact) mass is 306 g/mol. The Hall–Kier alpha value is -1.43. The second-order valence-electron chi connectivity index (χ2n) is 4.02. The van der Waals surface area contributed by atoms with Crippen LogP contribution in [0.1, 0.15) is 17.3 Å². The number of hydrazine groups is 1. The van der Waals surface area contributed by atoms with Crippen LogP contribution in [0, 0.1) is 0 Å². The molecule has 0 bridgehead atoms. The second kappa shape index (κ2) is 5.95. The van der Waals surface area contributed by atoms with E-state index >= 15 is 0 Å². The minimum absolute atomic E-state index is 0.0580. The number of rotatable bonds is 4. The normalized spacial score (nSPS) is 12.3. The summed E-state index contributed by atoms with van der Waals surface area (Å²) in [6, 6.07) is 11.5. The topological polar surface area (TPSA) is 77.0 Å². The molecular weight excluding hydrogens is 292 g/mol. The van der Waals surface area contributed by atoms with E-state index < -0.39 is 0 Å². The maximum atomic E-state index is 5.98. The molecule has 0 amide bonds. The fourth-order valence-electron chi connectivity index (χ4n) is 1.83. The third-order valence-electron chi connectivity index (χ3n) is 2.76. The number of aromatic nitrogens is 1. The fourth-order valence-corrected chi connectivity index (χ4v) is 2.21. The number of pyridine rings is 1. The molecule has 0 aliphatic carbocycles. The van der Waals surface area contributed by atoms with E-state index in [9.17, 15) is 0 Å². The Kier molecular flexibility index (Phi) is 4.30. The minimum Gasteiger partial charge on any atom is -0.398 e. The van der Waals surface area contributed by atoms with Crippen LogP contribution in [-0.2, 0) is 6.42 Å². The van der Waals surface area contributed by atoms with Crippen LogP contribution in [0.5, 0.6) is 0 Å². The molecule has 2 aromatic rings. The zero-order chi connectivity index (χ0) is 13.0. The summed E-state index contributed by atoms with van der Waals surface area (Å²) in [5.74, 6) is 5.62. The maximum Gasteiger partial charge on any atom is 0.0536 e. The van der Waals surface area contributed by atoms with Gasteiger partial charge in [-0.3, -0.25) is 16.3 Å². The molecule has 0 saturated carbocycles. The Morgan fingerprint density at radius 2 is 2.11 bits per heavy atom. The summed E-state index contributed by atoms with van der Waals surface area (Å²) in [4.78, 5) is 4.30. The van der Waals surface area contributed by atoms with E-state index in [1.807, 2.05) is 36.4 Å². The van der Waals surface area contributed by atoms with E-state index in [1.165, 1.54) is 0 Å². The van der Waals surface area contributed by atoms with Gasteiger partial charge in [-0.2, -0.15) is 0 Å². The Labute approximate surface area is 115 Å². The number of nitrogens with one attached hydrogen (secondary N) is 1. The smallest absolute Gasteiger partial charge is 0.0536 e. The van der Waals surface area contributed by atoms with Crippen molar-refractivity contribution >= 4 is 21.6 Å². The van der Waals surface area contributed by atoms with Crippen LogP contribution in [0.2, 0.25) is 0 Å². The van der Waals surface area contributed by atoms with Crippen LogP contribution in [0.15, 0.2) is 47.1 Å². The first kappa shape index (κ1) is 13.0. The fraction of sp³-hybridized carbons (Fsp3) is 0.154. The lowest BCUT2D eigenvalue weighted by Crippen LogP contribution is -2.30. The van der Waals surface area contributed by atoms with Crippen LogP contribution in [0.3, 0.4) is 0 Å². The predicted molar refractivity (Wildman–Crippen MR) is 76.6 cm³/mol. The highest BCUT2D eigenvalue weighted by molar-refractivity contribution is 9.10. The Bertz CT molecular complexity index is 516. The molecule has 0 fully saturated rings. The molecule has 0 radical (unpaired) electrons. The van der Waals surface area contributed by atoms with Crippen LogP contribution < -0.4 is 17.0 Å². The number of hydrogen-bond acceptors (Lipinski definition) is 4. The molecule has 5 N–H and O–H groups in total. The van der Waals surface area contributed by atoms with Crippen LogP contribution in [-0.4, -0.2) is 4.98 Å². The van der Waals surface area contributed by atoms with E-state index in [-0.39, 0.29) is 6.04 Å². The van der Waals surface area contributed by atoms with Crippen molar-refractivity contribution in [3.05, 3.63) is 58.3 Å². The van der Waals surface area contributed by atoms with E-state index in [0.717, 1.165) is 21.4 Å². The molecule has 18 heavy (non-hydrogen) atoms. The van der Waals surface area contributed by atoms with E-state index in [2.05, 4.69) is 26.3 Å². The Morgan fingerprint density at radius 1 is 1.28 bits per heavy atom. The van der Waals surface area contributed by atoms with Gasteiger partial charge < -0.3 is 5.73 Å². The average molecular weight is 307 g/mol. The zero-order valence-electron chi connectivity index (χ0n) is 9.81. The van der Waals surface area contributed by atoms with Crippen LogP contribution in [0.4, 0.5) is 5.69 Å². The lowest BCUT2D eigenvalue weighted by Gasteiger charge is -2.18. The summed E-state index contributed by atoms with van der Waals surface area (Å²) in [5, 5.41) is 0. The molecule has 2 rings (SSSR count). The highest BCUT2D eigenvalue weighted by atomic mass is 79.9. The summed E-state index contributed by atoms with van der Waals surface area (Å²) in [6.07, 6.45) is 2.46. The van der Waals surface area contributed by atoms with Gasteiger partial charge in [0.15, 0.2) is 0 Å². The first-order valence-electron chi connectivity index (χ1n) is 5.61. The Morgan fingerprint density at radius 3 is 2.78 bits per heavy atom. The van der Waals surface area contributed by atoms with Gasteiger partial charge in [0.05, 0.1) is 6.04 Å². The van der Waals surface area contributed by atoms with Gasteiger partial charge in [-0.25, -0.2) is 0 Å². The van der Waals surface area contributed by atoms with Crippen molar-refractivity contribution in [1.29, 1.82) is 0 Å². The van der Waals surface area contributed by atoms with Gasteiger partial charge in [-0.05, 0) is 35.9 Å². The number of nitrogens with two attached hydrogens (primary N) is 2. The van der Waals surface area contributed by atoms with Gasteiger partial charge in [0.2, 0.25) is 0 Å². The molecule has 0 aliphatic rings. The van der Waals surface area contributed by atoms with E-state index in [4.69, 9.17) is 11.6 Å². The van der Waals surface area contributed by atoms with E-state index in [1.54, 1.807) is 6.20 Å². The molecule has 0 saturated heterocycles. The summed E-state index contributed by atoms with van der Waals surface area (Å²) in [7, 11) is 0. The average Bonchev–Trinajstić information content (AvgIpc) is 2.40. The molecule has 0 aliphatic heterocycles. The summed E-state index contributed by atoms with van der Waals surface area (Å²) in [5.41, 5.74) is 11.4. The second-order valence-corrected chi connectivity index (χ2v) is 4.93. The van der Waals surface area contributed by atoms with Gasteiger partial charge in [0, 0.05) is 28.5 Å². The molecule has 5 heteroatoms. The quantitative estimate of drug-likeness (QED) is 0.460. The lowest BCUT2D eigenvalue weighted by molar-refractivity contribution is 0.547. The highest BCUT2D eigenvalue weighted by Crippen LogP contribution is 2.26. The molecule has 1 atom stereocenters. The molecular formula is C13H15BrN4. The van der Waals surface area contributed by atoms with Crippen molar-refractivity contribution in [2.45, 2.75) is 12.5 Å². The molecule has 1 heterocycles. The zero-order valence-corrected chi connectivity index (χ0v) is 11.4. The van der Waals surface area contributed by atoms with Gasteiger partial charge >= 0.3 is 0 Å². The van der Waals surface area contributed by atoms with Gasteiger partial charge in [-0.1, -0.05) is 22.0 Å². The van der Waals surface area contributed by atoms with Crippen molar-refractivity contribution in [3.63, 3.8) is 0 Å². The minimum atomic E-state index is -0.0580. The number of hydrogen-bond donors (Lipinski definition) is 3. The molecule has 1 unspecified atom stereocenters. The molecule has 0 spiro atoms. The first-order valence-corrected chi connectivity index (χ1v) is 6.41. The summed E-state index contributed by atoms with van der Waals surface area (Å²) < 4.78 is 0.980. The SMILES string of the molecule is NNC(Cc1ccccn1)c1cc(Br)ccc1N. The van der Waals surface area contributed by atoms with E-state index in [0.29, 0.717) is 6.42 Å². The molecule has 94 valence electrons. The van der Waals surface area contributed by atoms with Gasteiger partial charge in [0.25, 0.3) is 0 Å². The Balaban J connectivity index is 2.26. The predicted octanol–water partition coefficient (Wildman–Crippen LogP) is 2.17. The van der Waals surface area contributed by atoms with Crippen molar-refractivity contribution in [1.82, 2.24) is 10.4 Å². The number of nitrogens with zero attached hydrogens (tertiary/aromatic N) is 1. The lowest BCUT2D eigenvalue weighted by atomic mass is 10.0. The number of benzene rings is 1. The molecule has 1 aromatic heterocycles. The summed E-state index contributed by atoms with van der Waals surface area (Å²) >= 11 is 3.44. The maximum absolute atomic E-state index is 5.98. The van der Waals surface area contributed by atoms with Crippen molar-refractivity contribution in [3.8, 4) is 0 Å². The highest BCUT2D eigenvalue weighted by Gasteiger charge is 2.14. The molecule has 4 nitrogen and oxygen atoms in total. The number of nitrogen functional groups attached to an aromatic ring is 1. The van der Waals surface area contributed by atoms with Crippen molar-refractivity contribution in [2.24, 2.45) is 5.84 Å². The van der Waals surface area contributed by atoms with Gasteiger partial charge in [0.1, 0.15) is 0 Å². The number of anilines is 1. The largest absolute Gasteiger partial charge is 0.398 e. The van der Waals surface area contributed by atoms with Crippen molar-refractivity contribution < 1.29 is 0 Å². The van der Waals surface area contributed by atoms with Crippen LogP contribution in [0.25, 0.3) is 0 Å². The van der Waals surface area contributed by atoms with Crippen LogP contribution >= 0.6 is 15.9 Å². The standard InChI is InChI=1S/C13H15BrN4/c14-9-4-5-12(15)11(7-9)13(18-16)8-10-3-1-2-6-17-10/h1-7,13,18H,8,15-16H2. The summed E-state index contributed by atoms with van der Waals surface area (Å²) in [6.45, 7) is 0. The third-order valence-corrected chi connectivity index (χ3v) is 3.26. The molecule has 1 aromatic carbocycles.